The van der Waals surface area contributed by atoms with E-state index in [9.17, 15) is 0 Å². The Labute approximate surface area is 100.0 Å². The normalized spacial score (nSPS) is 11.0. The average Bonchev–Trinajstić information content (AvgIpc) is 2.88. The van der Waals surface area contributed by atoms with Crippen molar-refractivity contribution in [3.63, 3.8) is 0 Å². The van der Waals surface area contributed by atoms with Gasteiger partial charge in [-0.1, -0.05) is 17.7 Å². The minimum atomic E-state index is 0.603. The van der Waals surface area contributed by atoms with Crippen molar-refractivity contribution in [3.8, 4) is 10.6 Å². The smallest absolute Gasteiger partial charge is 0.147 e. The van der Waals surface area contributed by atoms with Gasteiger partial charge in [0.2, 0.25) is 0 Å². The van der Waals surface area contributed by atoms with Crippen LogP contribution in [0.5, 0.6) is 0 Å². The van der Waals surface area contributed by atoms with Crippen LogP contribution >= 0.6 is 34.3 Å². The summed E-state index contributed by atoms with van der Waals surface area (Å²) in [6.45, 7) is 0. The molecule has 3 aromatic heterocycles. The molecule has 0 radical (unpaired) electrons. The average molecular weight is 252 g/mol. The van der Waals surface area contributed by atoms with E-state index in [0.717, 1.165) is 15.3 Å². The van der Waals surface area contributed by atoms with Crippen LogP contribution in [0, 0.1) is 0 Å². The molecule has 0 N–H and O–H groups in total. The second-order valence-electron chi connectivity index (χ2n) is 3.11. The summed E-state index contributed by atoms with van der Waals surface area (Å²) in [4.78, 5) is 5.56. The molecule has 0 unspecified atom stereocenters. The second kappa shape index (κ2) is 3.59. The third-order valence-corrected chi connectivity index (χ3v) is 4.38. The zero-order chi connectivity index (χ0) is 10.3. The molecule has 0 amide bonds. The Morgan fingerprint density at radius 3 is 2.87 bits per heavy atom. The summed E-state index contributed by atoms with van der Waals surface area (Å²) in [7, 11) is 0. The molecule has 0 aliphatic rings. The fourth-order valence-electron chi connectivity index (χ4n) is 1.49. The topological polar surface area (TPSA) is 12.9 Å². The number of halogens is 1. The zero-order valence-electron chi connectivity index (χ0n) is 7.61. The third-order valence-electron chi connectivity index (χ3n) is 2.17. The van der Waals surface area contributed by atoms with Gasteiger partial charge in [-0.05, 0) is 34.3 Å². The number of fused-ring (bicyclic) bond motifs is 1. The first kappa shape index (κ1) is 9.33. The lowest BCUT2D eigenvalue weighted by Gasteiger charge is -1.99. The predicted octanol–water partition coefficient (Wildman–Crippen LogP) is 4.68. The van der Waals surface area contributed by atoms with Crippen LogP contribution in [0.1, 0.15) is 0 Å². The van der Waals surface area contributed by atoms with Crippen LogP contribution < -0.4 is 0 Å². The highest BCUT2D eigenvalue weighted by Crippen LogP contribution is 2.32. The first-order valence-electron chi connectivity index (χ1n) is 4.42. The minimum Gasteiger partial charge on any atom is -0.234 e. The van der Waals surface area contributed by atoms with Gasteiger partial charge in [-0.15, -0.1) is 22.7 Å². The van der Waals surface area contributed by atoms with Crippen molar-refractivity contribution >= 4 is 44.4 Å². The summed E-state index contributed by atoms with van der Waals surface area (Å²) >= 11 is 9.43. The summed E-state index contributed by atoms with van der Waals surface area (Å²) in [5, 5.41) is 5.86. The van der Waals surface area contributed by atoms with Gasteiger partial charge >= 0.3 is 0 Å². The molecule has 0 saturated heterocycles. The highest BCUT2D eigenvalue weighted by atomic mass is 35.5. The number of hydrogen-bond acceptors (Lipinski definition) is 3. The first-order chi connectivity index (χ1) is 7.34. The summed E-state index contributed by atoms with van der Waals surface area (Å²) < 4.78 is 1.07. The van der Waals surface area contributed by atoms with E-state index in [1.165, 1.54) is 5.39 Å². The maximum absolute atomic E-state index is 6.12. The maximum atomic E-state index is 6.12. The van der Waals surface area contributed by atoms with Crippen molar-refractivity contribution in [2.24, 2.45) is 0 Å². The highest BCUT2D eigenvalue weighted by Gasteiger charge is 2.07. The number of thiophene rings is 2. The molecule has 3 rings (SSSR count). The van der Waals surface area contributed by atoms with E-state index in [4.69, 9.17) is 11.6 Å². The van der Waals surface area contributed by atoms with E-state index in [-0.39, 0.29) is 0 Å². The van der Waals surface area contributed by atoms with E-state index < -0.39 is 0 Å². The second-order valence-corrected chi connectivity index (χ2v) is 5.34. The van der Waals surface area contributed by atoms with Gasteiger partial charge in [-0.2, -0.15) is 0 Å². The Morgan fingerprint density at radius 2 is 2.07 bits per heavy atom. The molecule has 1 nitrogen and oxygen atoms in total. The molecule has 0 aliphatic carbocycles. The molecule has 0 aromatic carbocycles. The molecule has 0 bridgehead atoms. The highest BCUT2D eigenvalue weighted by molar-refractivity contribution is 7.17. The van der Waals surface area contributed by atoms with Gasteiger partial charge in [0, 0.05) is 0 Å². The summed E-state index contributed by atoms with van der Waals surface area (Å²) in [5.74, 6) is 0. The van der Waals surface area contributed by atoms with E-state index in [1.54, 1.807) is 22.7 Å². The largest absolute Gasteiger partial charge is 0.234 e. The molecule has 15 heavy (non-hydrogen) atoms. The van der Waals surface area contributed by atoms with Crippen molar-refractivity contribution in [1.29, 1.82) is 0 Å². The van der Waals surface area contributed by atoms with Crippen LogP contribution in [0.25, 0.3) is 20.7 Å². The van der Waals surface area contributed by atoms with Gasteiger partial charge in [-0.25, -0.2) is 4.98 Å². The van der Waals surface area contributed by atoms with Crippen LogP contribution in [0.2, 0.25) is 5.15 Å². The van der Waals surface area contributed by atoms with Crippen LogP contribution in [-0.4, -0.2) is 4.98 Å². The first-order valence-corrected chi connectivity index (χ1v) is 6.56. The molecule has 0 aliphatic heterocycles. The maximum Gasteiger partial charge on any atom is 0.147 e. The van der Waals surface area contributed by atoms with Gasteiger partial charge in [0.05, 0.1) is 15.3 Å². The lowest BCUT2D eigenvalue weighted by molar-refractivity contribution is 1.38. The van der Waals surface area contributed by atoms with Gasteiger partial charge in [0.15, 0.2) is 0 Å². The molecule has 74 valence electrons. The lowest BCUT2D eigenvalue weighted by Crippen LogP contribution is -1.80. The fourth-order valence-corrected chi connectivity index (χ4v) is 3.26. The minimum absolute atomic E-state index is 0.603. The number of pyridine rings is 1. The Kier molecular flexibility index (Phi) is 2.24. The molecule has 0 spiro atoms. The van der Waals surface area contributed by atoms with Crippen molar-refractivity contribution in [2.75, 3.05) is 0 Å². The van der Waals surface area contributed by atoms with Crippen LogP contribution in [-0.2, 0) is 0 Å². The van der Waals surface area contributed by atoms with E-state index in [1.807, 2.05) is 16.8 Å². The quantitative estimate of drug-likeness (QED) is 0.573. The van der Waals surface area contributed by atoms with E-state index >= 15 is 0 Å². The van der Waals surface area contributed by atoms with Crippen LogP contribution in [0.3, 0.4) is 0 Å². The molecule has 0 saturated carbocycles. The zero-order valence-corrected chi connectivity index (χ0v) is 9.99. The summed E-state index contributed by atoms with van der Waals surface area (Å²) in [5.41, 5.74) is 0.959. The van der Waals surface area contributed by atoms with Gasteiger partial charge in [0.1, 0.15) is 5.15 Å². The fraction of sp³-hybridized carbons (Fsp3) is 0. The molecule has 3 aromatic rings. The van der Waals surface area contributed by atoms with Crippen molar-refractivity contribution in [1.82, 2.24) is 4.98 Å². The lowest BCUT2D eigenvalue weighted by atomic mass is 10.2. The third kappa shape index (κ3) is 1.57. The Morgan fingerprint density at radius 1 is 1.13 bits per heavy atom. The Bertz CT molecular complexity index is 598. The molecule has 0 fully saturated rings. The number of rotatable bonds is 1. The predicted molar refractivity (Wildman–Crippen MR) is 67.9 cm³/mol. The summed E-state index contributed by atoms with van der Waals surface area (Å²) in [6, 6.07) is 8.24. The van der Waals surface area contributed by atoms with Gasteiger partial charge in [-0.3, -0.25) is 0 Å². The summed E-state index contributed by atoms with van der Waals surface area (Å²) in [6.07, 6.45) is 0. The molecule has 4 heteroatoms. The molecular formula is C11H6ClNS2. The standard InChI is InChI=1S/C11H6ClNS2/c12-11-10-7(3-5-15-10)6-8(13-11)9-2-1-4-14-9/h1-6H. The van der Waals surface area contributed by atoms with Crippen molar-refractivity contribution in [2.45, 2.75) is 0 Å². The Hall–Kier alpha value is -0.900. The van der Waals surface area contributed by atoms with E-state index in [0.29, 0.717) is 5.15 Å². The Balaban J connectivity index is 2.29. The SMILES string of the molecule is Clc1nc(-c2cccs2)cc2ccsc12. The van der Waals surface area contributed by atoms with Gasteiger partial charge < -0.3 is 0 Å². The van der Waals surface area contributed by atoms with E-state index in [2.05, 4.69) is 23.2 Å². The van der Waals surface area contributed by atoms with Crippen LogP contribution in [0.15, 0.2) is 35.0 Å². The number of aromatic nitrogens is 1. The number of hydrogen-bond donors (Lipinski definition) is 0. The monoisotopic (exact) mass is 251 g/mol. The molecule has 3 heterocycles. The van der Waals surface area contributed by atoms with Crippen molar-refractivity contribution in [3.05, 3.63) is 40.2 Å². The van der Waals surface area contributed by atoms with Gasteiger partial charge in [0.25, 0.3) is 0 Å². The van der Waals surface area contributed by atoms with Crippen molar-refractivity contribution < 1.29 is 0 Å². The molecular weight excluding hydrogens is 246 g/mol. The molecule has 0 atom stereocenters. The van der Waals surface area contributed by atoms with Crippen LogP contribution in [0.4, 0.5) is 0 Å². The number of nitrogens with zero attached hydrogens (tertiary/aromatic N) is 1.